The number of nitrogens with one attached hydrogen (secondary N) is 2. The van der Waals surface area contributed by atoms with Gasteiger partial charge in [-0.2, -0.15) is 0 Å². The van der Waals surface area contributed by atoms with Gasteiger partial charge in [-0.3, -0.25) is 14.5 Å². The first-order valence-electron chi connectivity index (χ1n) is 8.04. The van der Waals surface area contributed by atoms with Crippen molar-refractivity contribution in [2.24, 2.45) is 5.92 Å². The van der Waals surface area contributed by atoms with Crippen molar-refractivity contribution in [3.63, 3.8) is 0 Å². The minimum Gasteiger partial charge on any atom is -0.356 e. The number of carbonyl (C=O) groups excluding carboxylic acids is 3. The average molecular weight is 293 g/mol. The molecule has 3 fully saturated rings. The van der Waals surface area contributed by atoms with Crippen molar-refractivity contribution < 1.29 is 14.4 Å². The number of amides is 4. The van der Waals surface area contributed by atoms with Gasteiger partial charge < -0.3 is 10.6 Å². The van der Waals surface area contributed by atoms with Gasteiger partial charge in [-0.25, -0.2) is 4.79 Å². The van der Waals surface area contributed by atoms with Crippen molar-refractivity contribution in [3.8, 4) is 0 Å². The fraction of sp³-hybridized carbons (Fsp3) is 0.800. The molecule has 0 aromatic carbocycles. The van der Waals surface area contributed by atoms with Crippen LogP contribution in [0.4, 0.5) is 4.79 Å². The van der Waals surface area contributed by atoms with Crippen LogP contribution < -0.4 is 10.6 Å². The van der Waals surface area contributed by atoms with E-state index >= 15 is 0 Å². The first kappa shape index (κ1) is 14.4. The molecule has 2 N–H and O–H groups in total. The van der Waals surface area contributed by atoms with Crippen LogP contribution in [-0.2, 0) is 9.59 Å². The molecule has 2 saturated carbocycles. The molecule has 4 amide bonds. The van der Waals surface area contributed by atoms with Gasteiger partial charge in [0.15, 0.2) is 0 Å². The molecule has 3 aliphatic rings. The van der Waals surface area contributed by atoms with E-state index < -0.39 is 5.54 Å². The molecule has 1 aliphatic heterocycles. The van der Waals surface area contributed by atoms with Gasteiger partial charge in [0.2, 0.25) is 5.91 Å². The Kier molecular flexibility index (Phi) is 3.87. The first-order chi connectivity index (χ1) is 10.1. The average Bonchev–Trinajstić information content (AvgIpc) is 2.93. The van der Waals surface area contributed by atoms with Crippen LogP contribution in [0, 0.1) is 5.92 Å². The van der Waals surface area contributed by atoms with E-state index in [2.05, 4.69) is 10.6 Å². The number of hydrogen-bond donors (Lipinski definition) is 2. The molecular weight excluding hydrogens is 270 g/mol. The van der Waals surface area contributed by atoms with E-state index in [0.717, 1.165) is 44.9 Å². The molecule has 6 nitrogen and oxygen atoms in total. The fourth-order valence-electron chi connectivity index (χ4n) is 3.46. The standard InChI is InChI=1S/C15H23N3O3/c19-12(11-5-3-6-11)16-9-4-10-18-13(20)15(17-14(18)21)7-1-2-8-15/h11H,1-10H2,(H,16,19)(H,17,21). The molecule has 1 saturated heterocycles. The van der Waals surface area contributed by atoms with E-state index in [4.69, 9.17) is 0 Å². The second-order valence-corrected chi connectivity index (χ2v) is 6.45. The lowest BCUT2D eigenvalue weighted by Gasteiger charge is -2.24. The van der Waals surface area contributed by atoms with Gasteiger partial charge in [0.25, 0.3) is 5.91 Å². The van der Waals surface area contributed by atoms with Crippen molar-refractivity contribution in [2.75, 3.05) is 13.1 Å². The lowest BCUT2D eigenvalue weighted by molar-refractivity contribution is -0.131. The zero-order valence-electron chi connectivity index (χ0n) is 12.3. The molecule has 116 valence electrons. The number of nitrogens with zero attached hydrogens (tertiary/aromatic N) is 1. The highest BCUT2D eigenvalue weighted by Crippen LogP contribution is 2.35. The van der Waals surface area contributed by atoms with Crippen LogP contribution in [0.25, 0.3) is 0 Å². The lowest BCUT2D eigenvalue weighted by Crippen LogP contribution is -2.44. The Hall–Kier alpha value is -1.59. The summed E-state index contributed by atoms with van der Waals surface area (Å²) in [7, 11) is 0. The molecule has 0 bridgehead atoms. The zero-order valence-corrected chi connectivity index (χ0v) is 12.3. The molecule has 1 spiro atoms. The van der Waals surface area contributed by atoms with Crippen molar-refractivity contribution in [1.29, 1.82) is 0 Å². The largest absolute Gasteiger partial charge is 0.356 e. The first-order valence-corrected chi connectivity index (χ1v) is 8.04. The summed E-state index contributed by atoms with van der Waals surface area (Å²) in [6, 6.07) is -0.271. The third-order valence-electron chi connectivity index (χ3n) is 5.04. The molecule has 3 rings (SSSR count). The molecule has 1 heterocycles. The van der Waals surface area contributed by atoms with E-state index in [9.17, 15) is 14.4 Å². The van der Waals surface area contributed by atoms with Crippen LogP contribution in [0.3, 0.4) is 0 Å². The van der Waals surface area contributed by atoms with Crippen molar-refractivity contribution >= 4 is 17.8 Å². The number of imide groups is 1. The van der Waals surface area contributed by atoms with Crippen molar-refractivity contribution in [2.45, 2.75) is 56.9 Å². The maximum atomic E-state index is 12.4. The molecule has 0 aromatic rings. The van der Waals surface area contributed by atoms with Crippen LogP contribution in [-0.4, -0.2) is 41.4 Å². The predicted octanol–water partition coefficient (Wildman–Crippen LogP) is 1.16. The Bertz CT molecular complexity index is 453. The maximum absolute atomic E-state index is 12.4. The van der Waals surface area contributed by atoms with Gasteiger partial charge in [0, 0.05) is 19.0 Å². The Balaban J connectivity index is 1.43. The smallest absolute Gasteiger partial charge is 0.325 e. The second kappa shape index (κ2) is 5.66. The summed E-state index contributed by atoms with van der Waals surface area (Å²) in [5.74, 6) is 0.226. The summed E-state index contributed by atoms with van der Waals surface area (Å²) in [5, 5.41) is 5.76. The van der Waals surface area contributed by atoms with Gasteiger partial charge in [-0.1, -0.05) is 19.3 Å². The summed E-state index contributed by atoms with van der Waals surface area (Å²) in [6.45, 7) is 0.913. The van der Waals surface area contributed by atoms with Crippen LogP contribution in [0.2, 0.25) is 0 Å². The van der Waals surface area contributed by atoms with Crippen molar-refractivity contribution in [3.05, 3.63) is 0 Å². The van der Waals surface area contributed by atoms with Crippen LogP contribution in [0.1, 0.15) is 51.4 Å². The molecule has 0 unspecified atom stereocenters. The SMILES string of the molecule is O=C(NCCCN1C(=O)NC2(CCCC2)C1=O)C1CCC1. The van der Waals surface area contributed by atoms with Gasteiger partial charge in [0.05, 0.1) is 0 Å². The summed E-state index contributed by atoms with van der Waals surface area (Å²) in [4.78, 5) is 37.3. The Morgan fingerprint density at radius 2 is 1.95 bits per heavy atom. The summed E-state index contributed by atoms with van der Waals surface area (Å²) in [6.07, 6.45) is 7.24. The highest BCUT2D eigenvalue weighted by atomic mass is 16.2. The van der Waals surface area contributed by atoms with Crippen LogP contribution in [0.5, 0.6) is 0 Å². The Morgan fingerprint density at radius 3 is 2.57 bits per heavy atom. The van der Waals surface area contributed by atoms with Crippen molar-refractivity contribution in [1.82, 2.24) is 15.5 Å². The lowest BCUT2D eigenvalue weighted by atomic mass is 9.85. The number of carbonyl (C=O) groups is 3. The zero-order chi connectivity index (χ0) is 14.9. The summed E-state index contributed by atoms with van der Waals surface area (Å²) < 4.78 is 0. The quantitative estimate of drug-likeness (QED) is 0.590. The monoisotopic (exact) mass is 293 g/mol. The number of rotatable bonds is 5. The molecule has 0 radical (unpaired) electrons. The third kappa shape index (κ3) is 2.63. The number of hydrogen-bond acceptors (Lipinski definition) is 3. The summed E-state index contributed by atoms with van der Waals surface area (Å²) >= 11 is 0. The van der Waals surface area contributed by atoms with Gasteiger partial charge in [0.1, 0.15) is 5.54 Å². The highest BCUT2D eigenvalue weighted by Gasteiger charge is 2.51. The van der Waals surface area contributed by atoms with E-state index in [-0.39, 0.29) is 23.8 Å². The van der Waals surface area contributed by atoms with Gasteiger partial charge in [-0.05, 0) is 32.1 Å². The minimum absolute atomic E-state index is 0.0738. The topological polar surface area (TPSA) is 78.5 Å². The molecule has 2 aliphatic carbocycles. The third-order valence-corrected chi connectivity index (χ3v) is 5.04. The van der Waals surface area contributed by atoms with E-state index in [0.29, 0.717) is 19.5 Å². The normalized spacial score (nSPS) is 24.3. The van der Waals surface area contributed by atoms with E-state index in [1.54, 1.807) is 0 Å². The highest BCUT2D eigenvalue weighted by molar-refractivity contribution is 6.07. The van der Waals surface area contributed by atoms with Crippen LogP contribution in [0.15, 0.2) is 0 Å². The molecule has 0 atom stereocenters. The van der Waals surface area contributed by atoms with Gasteiger partial charge in [-0.15, -0.1) is 0 Å². The Morgan fingerprint density at radius 1 is 1.24 bits per heavy atom. The molecule has 0 aromatic heterocycles. The summed E-state index contributed by atoms with van der Waals surface area (Å²) in [5.41, 5.74) is -0.619. The van der Waals surface area contributed by atoms with E-state index in [1.807, 2.05) is 0 Å². The minimum atomic E-state index is -0.619. The molecule has 6 heteroatoms. The maximum Gasteiger partial charge on any atom is 0.325 e. The van der Waals surface area contributed by atoms with E-state index in [1.165, 1.54) is 4.90 Å². The predicted molar refractivity (Wildman–Crippen MR) is 76.4 cm³/mol. The second-order valence-electron chi connectivity index (χ2n) is 6.45. The van der Waals surface area contributed by atoms with Gasteiger partial charge >= 0.3 is 6.03 Å². The Labute approximate surface area is 124 Å². The fourth-order valence-corrected chi connectivity index (χ4v) is 3.46. The molecular formula is C15H23N3O3. The molecule has 21 heavy (non-hydrogen) atoms. The van der Waals surface area contributed by atoms with Crippen LogP contribution >= 0.6 is 0 Å². The number of urea groups is 1.